The predicted molar refractivity (Wildman–Crippen MR) is 112 cm³/mol. The molecule has 0 amide bonds. The molecule has 0 aliphatic carbocycles. The van der Waals surface area contributed by atoms with E-state index in [0.29, 0.717) is 20.8 Å². The van der Waals surface area contributed by atoms with Gasteiger partial charge in [0.25, 0.3) is 5.56 Å². The second-order valence-corrected chi connectivity index (χ2v) is 7.93. The minimum Gasteiger partial charge on any atom is -0.505 e. The number of rotatable bonds is 3. The van der Waals surface area contributed by atoms with Crippen LogP contribution in [0.2, 0.25) is 5.02 Å². The minimum absolute atomic E-state index is 0.0574. The van der Waals surface area contributed by atoms with Gasteiger partial charge < -0.3 is 19.4 Å². The third-order valence-electron chi connectivity index (χ3n) is 4.31. The average molecular weight is 415 g/mol. The smallest absolute Gasteiger partial charge is 0.354 e. The molecule has 0 fully saturated rings. The first-order chi connectivity index (χ1) is 13.3. The summed E-state index contributed by atoms with van der Waals surface area (Å²) in [7, 11) is 3.76. The molecule has 28 heavy (non-hydrogen) atoms. The van der Waals surface area contributed by atoms with Crippen molar-refractivity contribution < 1.29 is 9.52 Å². The van der Waals surface area contributed by atoms with Gasteiger partial charge >= 0.3 is 5.63 Å². The maximum absolute atomic E-state index is 12.6. The lowest BCUT2D eigenvalue weighted by atomic mass is 10.1. The summed E-state index contributed by atoms with van der Waals surface area (Å²) in [6.45, 7) is 0. The van der Waals surface area contributed by atoms with Crippen LogP contribution in [0.3, 0.4) is 0 Å². The third kappa shape index (κ3) is 3.12. The number of benzene rings is 2. The van der Waals surface area contributed by atoms with Crippen LogP contribution < -0.4 is 16.1 Å². The zero-order valence-corrected chi connectivity index (χ0v) is 16.5. The van der Waals surface area contributed by atoms with Gasteiger partial charge in [0.1, 0.15) is 10.3 Å². The zero-order chi connectivity index (χ0) is 20.0. The van der Waals surface area contributed by atoms with Crippen LogP contribution >= 0.6 is 23.4 Å². The number of hydrogen-bond acceptors (Lipinski definition) is 6. The number of aromatic nitrogens is 1. The first-order valence-corrected chi connectivity index (χ1v) is 9.51. The van der Waals surface area contributed by atoms with Gasteiger partial charge in [-0.25, -0.2) is 4.79 Å². The summed E-state index contributed by atoms with van der Waals surface area (Å²) in [6.07, 6.45) is 0. The summed E-state index contributed by atoms with van der Waals surface area (Å²) in [4.78, 5) is 30.4. The Morgan fingerprint density at radius 2 is 1.93 bits per heavy atom. The number of H-pyrrole nitrogens is 1. The molecular formula is C20H15ClN2O4S. The largest absolute Gasteiger partial charge is 0.505 e. The van der Waals surface area contributed by atoms with Gasteiger partial charge in [-0.3, -0.25) is 4.79 Å². The average Bonchev–Trinajstić information content (AvgIpc) is 2.64. The van der Waals surface area contributed by atoms with E-state index in [9.17, 15) is 14.7 Å². The Morgan fingerprint density at radius 3 is 2.64 bits per heavy atom. The van der Waals surface area contributed by atoms with Crippen LogP contribution in [-0.2, 0) is 0 Å². The van der Waals surface area contributed by atoms with Gasteiger partial charge in [0.15, 0.2) is 11.3 Å². The SMILES string of the molecule is CN(C)c1ccc2c(c1)[nH]c(=O)c1c(O)c(Sc3cccc(Cl)c3)c(=O)oc12. The number of nitrogens with zero attached hydrogens (tertiary/aromatic N) is 1. The molecule has 8 heteroatoms. The van der Waals surface area contributed by atoms with Gasteiger partial charge in [-0.15, -0.1) is 0 Å². The molecule has 4 rings (SSSR count). The van der Waals surface area contributed by atoms with Gasteiger partial charge in [0, 0.05) is 35.1 Å². The lowest BCUT2D eigenvalue weighted by Crippen LogP contribution is -2.12. The van der Waals surface area contributed by atoms with Crippen molar-refractivity contribution in [2.75, 3.05) is 19.0 Å². The summed E-state index contributed by atoms with van der Waals surface area (Å²) in [5.41, 5.74) is 0.192. The van der Waals surface area contributed by atoms with Gasteiger partial charge in [-0.1, -0.05) is 29.4 Å². The molecule has 6 nitrogen and oxygen atoms in total. The predicted octanol–water partition coefficient (Wildman–Crippen LogP) is 4.21. The van der Waals surface area contributed by atoms with E-state index in [1.165, 1.54) is 0 Å². The van der Waals surface area contributed by atoms with Crippen molar-refractivity contribution in [3.8, 4) is 5.75 Å². The topological polar surface area (TPSA) is 86.5 Å². The number of fused-ring (bicyclic) bond motifs is 3. The summed E-state index contributed by atoms with van der Waals surface area (Å²) >= 11 is 6.97. The van der Waals surface area contributed by atoms with Gasteiger partial charge in [-0.2, -0.15) is 0 Å². The van der Waals surface area contributed by atoms with E-state index in [0.717, 1.165) is 17.4 Å². The highest BCUT2D eigenvalue weighted by Crippen LogP contribution is 2.37. The summed E-state index contributed by atoms with van der Waals surface area (Å²) in [5.74, 6) is -0.406. The lowest BCUT2D eigenvalue weighted by Gasteiger charge is -2.13. The van der Waals surface area contributed by atoms with Crippen LogP contribution in [0, 0.1) is 0 Å². The number of aromatic amines is 1. The first kappa shape index (κ1) is 18.5. The molecule has 0 aliphatic rings. The van der Waals surface area contributed by atoms with Crippen molar-refractivity contribution in [2.24, 2.45) is 0 Å². The molecule has 0 aliphatic heterocycles. The second-order valence-electron chi connectivity index (χ2n) is 6.41. The van der Waals surface area contributed by atoms with Crippen molar-refractivity contribution >= 4 is 50.9 Å². The van der Waals surface area contributed by atoms with Crippen LogP contribution in [0.1, 0.15) is 0 Å². The fraction of sp³-hybridized carbons (Fsp3) is 0.100. The Hall–Kier alpha value is -2.90. The Bertz CT molecular complexity index is 1340. The monoisotopic (exact) mass is 414 g/mol. The third-order valence-corrected chi connectivity index (χ3v) is 5.60. The molecule has 0 bridgehead atoms. The number of anilines is 1. The molecule has 0 saturated heterocycles. The summed E-state index contributed by atoms with van der Waals surface area (Å²) in [6, 6.07) is 12.2. The normalized spacial score (nSPS) is 11.2. The maximum atomic E-state index is 12.6. The summed E-state index contributed by atoms with van der Waals surface area (Å²) in [5, 5.41) is 11.7. The van der Waals surface area contributed by atoms with E-state index >= 15 is 0 Å². The summed E-state index contributed by atoms with van der Waals surface area (Å²) < 4.78 is 5.47. The van der Waals surface area contributed by atoms with Gasteiger partial charge in [-0.05, 0) is 36.4 Å². The van der Waals surface area contributed by atoms with Gasteiger partial charge in [0.2, 0.25) is 0 Å². The van der Waals surface area contributed by atoms with Crippen molar-refractivity contribution in [3.05, 3.63) is 68.3 Å². The molecule has 2 N–H and O–H groups in total. The molecule has 0 saturated carbocycles. The minimum atomic E-state index is -0.724. The fourth-order valence-corrected chi connectivity index (χ4v) is 4.09. The Labute approximate surface area is 168 Å². The van der Waals surface area contributed by atoms with E-state index in [4.69, 9.17) is 16.0 Å². The van der Waals surface area contributed by atoms with E-state index in [-0.39, 0.29) is 15.9 Å². The highest BCUT2D eigenvalue weighted by Gasteiger charge is 2.20. The van der Waals surface area contributed by atoms with Crippen LogP contribution in [-0.4, -0.2) is 24.2 Å². The van der Waals surface area contributed by atoms with Gasteiger partial charge in [0.05, 0.1) is 5.52 Å². The van der Waals surface area contributed by atoms with Crippen molar-refractivity contribution in [1.82, 2.24) is 4.98 Å². The highest BCUT2D eigenvalue weighted by molar-refractivity contribution is 7.99. The van der Waals surface area contributed by atoms with Crippen LogP contribution in [0.4, 0.5) is 5.69 Å². The maximum Gasteiger partial charge on any atom is 0.354 e. The molecule has 2 heterocycles. The molecule has 142 valence electrons. The van der Waals surface area contributed by atoms with Crippen LogP contribution in [0.5, 0.6) is 5.75 Å². The van der Waals surface area contributed by atoms with E-state index in [2.05, 4.69) is 4.98 Å². The fourth-order valence-electron chi connectivity index (χ4n) is 2.94. The quantitative estimate of drug-likeness (QED) is 0.488. The first-order valence-electron chi connectivity index (χ1n) is 8.31. The number of aromatic hydroxyl groups is 1. The number of hydrogen-bond donors (Lipinski definition) is 2. The van der Waals surface area contributed by atoms with E-state index in [1.807, 2.05) is 25.1 Å². The van der Waals surface area contributed by atoms with Crippen molar-refractivity contribution in [1.29, 1.82) is 0 Å². The Kier molecular flexibility index (Phi) is 4.56. The number of halogens is 1. The van der Waals surface area contributed by atoms with E-state index < -0.39 is 16.9 Å². The molecule has 0 radical (unpaired) electrons. The second kappa shape index (κ2) is 6.92. The number of pyridine rings is 1. The molecule has 0 unspecified atom stereocenters. The molecule has 4 aromatic rings. The molecular weight excluding hydrogens is 400 g/mol. The molecule has 0 atom stereocenters. The van der Waals surface area contributed by atoms with E-state index in [1.54, 1.807) is 36.4 Å². The zero-order valence-electron chi connectivity index (χ0n) is 14.9. The van der Waals surface area contributed by atoms with Crippen LogP contribution in [0.15, 0.2) is 66.3 Å². The molecule has 2 aromatic heterocycles. The Balaban J connectivity index is 1.97. The van der Waals surface area contributed by atoms with Crippen molar-refractivity contribution in [3.63, 3.8) is 0 Å². The number of nitrogens with one attached hydrogen (secondary N) is 1. The van der Waals surface area contributed by atoms with Crippen LogP contribution in [0.25, 0.3) is 21.9 Å². The molecule has 2 aromatic carbocycles. The highest BCUT2D eigenvalue weighted by atomic mass is 35.5. The van der Waals surface area contributed by atoms with Crippen molar-refractivity contribution in [2.45, 2.75) is 9.79 Å². The molecule has 0 spiro atoms. The standard InChI is InChI=1S/C20H15ClN2O4S/c1-23(2)11-6-7-13-14(9-11)22-19(25)15-16(24)18(20(26)27-17(13)15)28-12-5-3-4-10(21)8-12/h3-9,24H,1-2H3,(H,22,25). The lowest BCUT2D eigenvalue weighted by molar-refractivity contribution is 0.447. The Morgan fingerprint density at radius 1 is 1.14 bits per heavy atom.